The van der Waals surface area contributed by atoms with Gasteiger partial charge in [0.25, 0.3) is 0 Å². The minimum Gasteiger partial charge on any atom is -0.392 e. The van der Waals surface area contributed by atoms with Crippen LogP contribution in [0.2, 0.25) is 0 Å². The number of aliphatic hydroxyl groups is 2. The molecule has 0 aromatic carbocycles. The summed E-state index contributed by atoms with van der Waals surface area (Å²) in [6.07, 6.45) is 16.1. The van der Waals surface area contributed by atoms with Gasteiger partial charge in [0.1, 0.15) is 0 Å². The van der Waals surface area contributed by atoms with Gasteiger partial charge in [0.2, 0.25) is 0 Å². The zero-order valence-electron chi connectivity index (χ0n) is 18.7. The third kappa shape index (κ3) is 6.92. The summed E-state index contributed by atoms with van der Waals surface area (Å²) in [6.45, 7) is 9.25. The van der Waals surface area contributed by atoms with Gasteiger partial charge in [0.15, 0.2) is 0 Å². The third-order valence-corrected chi connectivity index (χ3v) is 7.26. The average Bonchev–Trinajstić information content (AvgIpc) is 3.22. The van der Waals surface area contributed by atoms with E-state index in [0.717, 1.165) is 58.4 Å². The van der Waals surface area contributed by atoms with Gasteiger partial charge in [0.05, 0.1) is 24.9 Å². The maximum Gasteiger partial charge on any atom is 0.0654 e. The number of allylic oxidation sites excluding steroid dienone is 2. The van der Waals surface area contributed by atoms with Crippen LogP contribution >= 0.6 is 0 Å². The van der Waals surface area contributed by atoms with Crippen LogP contribution in [0.25, 0.3) is 0 Å². The minimum absolute atomic E-state index is 0.221. The Labute approximate surface area is 178 Å². The van der Waals surface area contributed by atoms with Crippen LogP contribution in [0.15, 0.2) is 23.8 Å². The van der Waals surface area contributed by atoms with Crippen molar-refractivity contribution in [3.63, 3.8) is 0 Å². The molecular formula is C25H43NO3. The van der Waals surface area contributed by atoms with E-state index in [1.165, 1.54) is 25.8 Å². The number of unbranched alkanes of at least 4 members (excludes halogenated alkanes) is 2. The van der Waals surface area contributed by atoms with E-state index >= 15 is 0 Å². The van der Waals surface area contributed by atoms with Crippen LogP contribution in [0.3, 0.4) is 0 Å². The van der Waals surface area contributed by atoms with Gasteiger partial charge in [-0.1, -0.05) is 43.6 Å². The van der Waals surface area contributed by atoms with Gasteiger partial charge in [-0.25, -0.2) is 0 Å². The molecule has 4 heteroatoms. The van der Waals surface area contributed by atoms with Crippen LogP contribution in [0.5, 0.6) is 0 Å². The number of rotatable bonds is 11. The van der Waals surface area contributed by atoms with E-state index in [9.17, 15) is 10.2 Å². The Morgan fingerprint density at radius 3 is 2.79 bits per heavy atom. The van der Waals surface area contributed by atoms with Gasteiger partial charge in [-0.2, -0.15) is 0 Å². The largest absolute Gasteiger partial charge is 0.392 e. The lowest BCUT2D eigenvalue weighted by Gasteiger charge is -2.26. The van der Waals surface area contributed by atoms with Crippen molar-refractivity contribution in [3.8, 4) is 0 Å². The first kappa shape index (κ1) is 23.0. The lowest BCUT2D eigenvalue weighted by atomic mass is 9.87. The smallest absolute Gasteiger partial charge is 0.0654 e. The lowest BCUT2D eigenvalue weighted by molar-refractivity contribution is 0.0372. The molecular weight excluding hydrogens is 362 g/mol. The third-order valence-electron chi connectivity index (χ3n) is 7.26. The summed E-state index contributed by atoms with van der Waals surface area (Å²) in [7, 11) is 0. The van der Waals surface area contributed by atoms with Crippen LogP contribution in [0, 0.1) is 17.8 Å². The highest BCUT2D eigenvalue weighted by Crippen LogP contribution is 2.48. The first-order valence-electron chi connectivity index (χ1n) is 12.1. The average molecular weight is 406 g/mol. The van der Waals surface area contributed by atoms with E-state index in [0.29, 0.717) is 18.3 Å². The standard InChI is InChI=1S/C25H43NO3/c1-3-4-10-25(2,28)11-7-9-22-23-18-20(17-21(23)19-24(22)27)8-5-6-12-26-13-15-29-16-14-26/h7,9,17,21-24,27-28H,3-6,8,10-16,18-19H2,1-2H3/b9-7+/t21-,22+,23-,24+,25-/m0/s1. The highest BCUT2D eigenvalue weighted by atomic mass is 16.5. The molecule has 0 radical (unpaired) electrons. The maximum absolute atomic E-state index is 10.6. The van der Waals surface area contributed by atoms with Crippen molar-refractivity contribution in [2.45, 2.75) is 83.3 Å². The van der Waals surface area contributed by atoms with Crippen LogP contribution < -0.4 is 0 Å². The summed E-state index contributed by atoms with van der Waals surface area (Å²) in [4.78, 5) is 2.52. The fraction of sp³-hybridized carbons (Fsp3) is 0.840. The van der Waals surface area contributed by atoms with Gasteiger partial charge in [-0.05, 0) is 70.3 Å². The molecule has 0 aromatic heterocycles. The molecule has 2 aliphatic carbocycles. The number of hydrogen-bond donors (Lipinski definition) is 2. The number of nitrogens with zero attached hydrogens (tertiary/aromatic N) is 1. The molecule has 4 nitrogen and oxygen atoms in total. The second kappa shape index (κ2) is 11.1. The fourth-order valence-corrected chi connectivity index (χ4v) is 5.44. The van der Waals surface area contributed by atoms with E-state index in [1.807, 2.05) is 6.92 Å². The number of morpholine rings is 1. The Hall–Kier alpha value is -0.680. The van der Waals surface area contributed by atoms with E-state index in [2.05, 4.69) is 30.1 Å². The topological polar surface area (TPSA) is 52.9 Å². The first-order chi connectivity index (χ1) is 14.0. The normalized spacial score (nSPS) is 32.5. The zero-order chi connectivity index (χ0) is 20.7. The predicted molar refractivity (Wildman–Crippen MR) is 119 cm³/mol. The highest BCUT2D eigenvalue weighted by Gasteiger charge is 2.43. The molecule has 0 unspecified atom stereocenters. The Bertz CT molecular complexity index is 550. The van der Waals surface area contributed by atoms with Gasteiger partial charge in [-0.3, -0.25) is 4.90 Å². The van der Waals surface area contributed by atoms with Crippen molar-refractivity contribution in [3.05, 3.63) is 23.8 Å². The summed E-state index contributed by atoms with van der Waals surface area (Å²) in [6, 6.07) is 0. The number of aliphatic hydroxyl groups excluding tert-OH is 1. The van der Waals surface area contributed by atoms with Crippen LogP contribution in [-0.2, 0) is 4.74 Å². The second-order valence-corrected chi connectivity index (χ2v) is 9.88. The molecule has 166 valence electrons. The Balaban J connectivity index is 1.40. The second-order valence-electron chi connectivity index (χ2n) is 9.88. The summed E-state index contributed by atoms with van der Waals surface area (Å²) >= 11 is 0. The molecule has 29 heavy (non-hydrogen) atoms. The first-order valence-corrected chi connectivity index (χ1v) is 12.1. The van der Waals surface area contributed by atoms with Crippen molar-refractivity contribution in [1.29, 1.82) is 0 Å². The molecule has 0 amide bonds. The highest BCUT2D eigenvalue weighted by molar-refractivity contribution is 5.20. The molecule has 3 aliphatic rings. The van der Waals surface area contributed by atoms with Crippen molar-refractivity contribution in [2.24, 2.45) is 17.8 Å². The quantitative estimate of drug-likeness (QED) is 0.397. The zero-order valence-corrected chi connectivity index (χ0v) is 18.7. The molecule has 0 aromatic rings. The number of fused-ring (bicyclic) bond motifs is 1. The fourth-order valence-electron chi connectivity index (χ4n) is 5.44. The van der Waals surface area contributed by atoms with Crippen molar-refractivity contribution in [1.82, 2.24) is 4.90 Å². The Morgan fingerprint density at radius 1 is 1.24 bits per heavy atom. The monoisotopic (exact) mass is 405 g/mol. The molecule has 1 heterocycles. The van der Waals surface area contributed by atoms with Gasteiger partial charge in [-0.15, -0.1) is 0 Å². The van der Waals surface area contributed by atoms with Gasteiger partial charge in [0, 0.05) is 19.0 Å². The van der Waals surface area contributed by atoms with Crippen molar-refractivity contribution >= 4 is 0 Å². The molecule has 0 spiro atoms. The van der Waals surface area contributed by atoms with E-state index in [4.69, 9.17) is 4.74 Å². The van der Waals surface area contributed by atoms with Gasteiger partial charge >= 0.3 is 0 Å². The summed E-state index contributed by atoms with van der Waals surface area (Å²) in [5.41, 5.74) is 0.997. The molecule has 1 saturated heterocycles. The number of hydrogen-bond acceptors (Lipinski definition) is 4. The maximum atomic E-state index is 10.6. The van der Waals surface area contributed by atoms with Crippen LogP contribution in [-0.4, -0.2) is 59.7 Å². The van der Waals surface area contributed by atoms with E-state index in [-0.39, 0.29) is 12.0 Å². The SMILES string of the molecule is CCCC[C@](C)(O)C/C=C/[C@@H]1[C@H]2CC(CCCCN3CCOCC3)=C[C@H]2C[C@H]1O. The van der Waals surface area contributed by atoms with Crippen molar-refractivity contribution in [2.75, 3.05) is 32.8 Å². The molecule has 5 atom stereocenters. The van der Waals surface area contributed by atoms with Crippen LogP contribution in [0.4, 0.5) is 0 Å². The molecule has 0 bridgehead atoms. The Morgan fingerprint density at radius 2 is 2.03 bits per heavy atom. The van der Waals surface area contributed by atoms with E-state index in [1.54, 1.807) is 5.57 Å². The molecule has 2 fully saturated rings. The molecule has 1 saturated carbocycles. The molecule has 2 N–H and O–H groups in total. The minimum atomic E-state index is -0.616. The molecule has 3 rings (SSSR count). The lowest BCUT2D eigenvalue weighted by Crippen LogP contribution is -2.36. The van der Waals surface area contributed by atoms with Gasteiger partial charge < -0.3 is 14.9 Å². The Kier molecular flexibility index (Phi) is 8.79. The summed E-state index contributed by atoms with van der Waals surface area (Å²) < 4.78 is 5.42. The molecule has 1 aliphatic heterocycles. The van der Waals surface area contributed by atoms with Crippen molar-refractivity contribution < 1.29 is 14.9 Å². The van der Waals surface area contributed by atoms with Crippen LogP contribution in [0.1, 0.15) is 71.6 Å². The number of ether oxygens (including phenoxy) is 1. The summed E-state index contributed by atoms with van der Waals surface area (Å²) in [5.74, 6) is 1.37. The predicted octanol–water partition coefficient (Wildman–Crippen LogP) is 4.32. The van der Waals surface area contributed by atoms with E-state index < -0.39 is 5.60 Å². The summed E-state index contributed by atoms with van der Waals surface area (Å²) in [5, 5.41) is 21.0.